The van der Waals surface area contributed by atoms with Crippen LogP contribution in [0.15, 0.2) is 30.3 Å². The Morgan fingerprint density at radius 1 is 1.08 bits per heavy atom. The zero-order valence-corrected chi connectivity index (χ0v) is 16.3. The molecule has 0 aromatic heterocycles. The van der Waals surface area contributed by atoms with Gasteiger partial charge in [0.05, 0.1) is 25.6 Å². The lowest BCUT2D eigenvalue weighted by molar-refractivity contribution is -0.926. The number of ether oxygens (including phenoxy) is 1. The van der Waals surface area contributed by atoms with Gasteiger partial charge in [0.1, 0.15) is 13.2 Å². The first-order valence-electron chi connectivity index (χ1n) is 9.85. The highest BCUT2D eigenvalue weighted by Gasteiger charge is 2.31. The van der Waals surface area contributed by atoms with E-state index in [4.69, 9.17) is 4.74 Å². The maximum atomic E-state index is 12.8. The standard InChI is InChI=1S/C22H34NO2/c1-5-14-23(7-3,15-6-2)16-17-25-22(24)21-18(4)12-13-19-10-8-9-11-20(19)21/h8-13,18,21H,5-7,14-17H2,1-4H3/q+1. The van der Waals surface area contributed by atoms with Gasteiger partial charge in [-0.1, -0.05) is 57.2 Å². The lowest BCUT2D eigenvalue weighted by Crippen LogP contribution is -2.51. The van der Waals surface area contributed by atoms with Gasteiger partial charge in [-0.15, -0.1) is 0 Å². The summed E-state index contributed by atoms with van der Waals surface area (Å²) < 4.78 is 6.82. The van der Waals surface area contributed by atoms with Gasteiger partial charge >= 0.3 is 5.97 Å². The second-order valence-electron chi connectivity index (χ2n) is 7.32. The third-order valence-electron chi connectivity index (χ3n) is 5.57. The number of nitrogens with zero attached hydrogens (tertiary/aromatic N) is 1. The molecule has 0 heterocycles. The number of quaternary nitrogens is 1. The number of carbonyl (C=O) groups is 1. The van der Waals surface area contributed by atoms with Crippen LogP contribution in [-0.2, 0) is 9.53 Å². The molecule has 0 amide bonds. The van der Waals surface area contributed by atoms with Crippen LogP contribution in [0.1, 0.15) is 57.6 Å². The number of rotatable bonds is 9. The predicted octanol–water partition coefficient (Wildman–Crippen LogP) is 4.63. The van der Waals surface area contributed by atoms with Crippen LogP contribution in [0, 0.1) is 5.92 Å². The molecular formula is C22H34NO2+. The molecule has 0 bridgehead atoms. The van der Waals surface area contributed by atoms with Crippen molar-refractivity contribution in [2.45, 2.75) is 46.5 Å². The molecule has 1 aliphatic rings. The van der Waals surface area contributed by atoms with Crippen molar-refractivity contribution in [3.05, 3.63) is 41.5 Å². The molecule has 2 rings (SSSR count). The predicted molar refractivity (Wildman–Crippen MR) is 104 cm³/mol. The Kier molecular flexibility index (Phi) is 7.24. The summed E-state index contributed by atoms with van der Waals surface area (Å²) in [4.78, 5) is 12.8. The summed E-state index contributed by atoms with van der Waals surface area (Å²) in [6.45, 7) is 13.7. The quantitative estimate of drug-likeness (QED) is 0.482. The largest absolute Gasteiger partial charge is 0.459 e. The van der Waals surface area contributed by atoms with Crippen molar-refractivity contribution in [2.75, 3.05) is 32.8 Å². The molecule has 0 saturated heterocycles. The van der Waals surface area contributed by atoms with E-state index < -0.39 is 0 Å². The van der Waals surface area contributed by atoms with Gasteiger partial charge in [0, 0.05) is 0 Å². The molecule has 2 atom stereocenters. The van der Waals surface area contributed by atoms with E-state index >= 15 is 0 Å². The molecule has 3 heteroatoms. The SMILES string of the molecule is CCC[N+](CC)(CCC)CCOC(=O)C1c2ccccc2C=CC1C. The first-order chi connectivity index (χ1) is 12.1. The average Bonchev–Trinajstić information content (AvgIpc) is 2.61. The van der Waals surface area contributed by atoms with Crippen LogP contribution >= 0.6 is 0 Å². The maximum Gasteiger partial charge on any atom is 0.314 e. The molecule has 3 nitrogen and oxygen atoms in total. The Morgan fingerprint density at radius 3 is 2.40 bits per heavy atom. The van der Waals surface area contributed by atoms with Gasteiger partial charge in [-0.2, -0.15) is 0 Å². The van der Waals surface area contributed by atoms with Crippen molar-refractivity contribution >= 4 is 12.0 Å². The van der Waals surface area contributed by atoms with E-state index in [0.717, 1.165) is 41.8 Å². The normalized spacial score (nSPS) is 19.5. The molecule has 2 unspecified atom stereocenters. The van der Waals surface area contributed by atoms with Crippen LogP contribution in [-0.4, -0.2) is 43.2 Å². The van der Waals surface area contributed by atoms with Crippen LogP contribution in [0.25, 0.3) is 6.08 Å². The van der Waals surface area contributed by atoms with Gasteiger partial charge in [-0.25, -0.2) is 0 Å². The number of likely N-dealkylation sites (N-methyl/N-ethyl adjacent to an activating group) is 1. The van der Waals surface area contributed by atoms with E-state index in [1.165, 1.54) is 12.8 Å². The minimum absolute atomic E-state index is 0.0773. The summed E-state index contributed by atoms with van der Waals surface area (Å²) in [6.07, 6.45) is 6.57. The van der Waals surface area contributed by atoms with Gasteiger partial charge in [0.15, 0.2) is 0 Å². The summed E-state index contributed by atoms with van der Waals surface area (Å²) >= 11 is 0. The Morgan fingerprint density at radius 2 is 1.76 bits per heavy atom. The molecule has 1 aromatic carbocycles. The van der Waals surface area contributed by atoms with E-state index in [9.17, 15) is 4.79 Å². The van der Waals surface area contributed by atoms with Gasteiger partial charge in [0.2, 0.25) is 0 Å². The molecule has 0 fully saturated rings. The Balaban J connectivity index is 2.01. The van der Waals surface area contributed by atoms with E-state index in [1.54, 1.807) is 0 Å². The van der Waals surface area contributed by atoms with Gasteiger partial charge in [-0.05, 0) is 36.8 Å². The molecule has 0 radical (unpaired) electrons. The lowest BCUT2D eigenvalue weighted by atomic mass is 9.80. The average molecular weight is 345 g/mol. The molecule has 1 aromatic rings. The fraction of sp³-hybridized carbons (Fsp3) is 0.591. The fourth-order valence-corrected chi connectivity index (χ4v) is 4.13. The molecule has 0 aliphatic heterocycles. The van der Waals surface area contributed by atoms with Crippen molar-refractivity contribution < 1.29 is 14.0 Å². The van der Waals surface area contributed by atoms with Crippen LogP contribution in [0.2, 0.25) is 0 Å². The zero-order chi connectivity index (χ0) is 18.3. The van der Waals surface area contributed by atoms with E-state index in [2.05, 4.69) is 52.0 Å². The number of benzene rings is 1. The van der Waals surface area contributed by atoms with Crippen LogP contribution in [0.4, 0.5) is 0 Å². The van der Waals surface area contributed by atoms with Crippen LogP contribution < -0.4 is 0 Å². The smallest absolute Gasteiger partial charge is 0.314 e. The van der Waals surface area contributed by atoms with Gasteiger partial charge in [0.25, 0.3) is 0 Å². The van der Waals surface area contributed by atoms with Gasteiger partial charge < -0.3 is 9.22 Å². The van der Waals surface area contributed by atoms with E-state index in [-0.39, 0.29) is 17.8 Å². The zero-order valence-electron chi connectivity index (χ0n) is 16.3. The second kappa shape index (κ2) is 9.19. The third kappa shape index (κ3) is 4.72. The summed E-state index contributed by atoms with van der Waals surface area (Å²) in [6, 6.07) is 8.15. The van der Waals surface area contributed by atoms with E-state index in [1.807, 2.05) is 12.1 Å². The van der Waals surface area contributed by atoms with Crippen LogP contribution in [0.3, 0.4) is 0 Å². The molecule has 0 saturated carbocycles. The van der Waals surface area contributed by atoms with Crippen molar-refractivity contribution in [1.82, 2.24) is 0 Å². The number of fused-ring (bicyclic) bond motifs is 1. The number of hydrogen-bond acceptors (Lipinski definition) is 2. The molecule has 25 heavy (non-hydrogen) atoms. The maximum absolute atomic E-state index is 12.8. The molecule has 138 valence electrons. The third-order valence-corrected chi connectivity index (χ3v) is 5.57. The molecular weight excluding hydrogens is 310 g/mol. The summed E-state index contributed by atoms with van der Waals surface area (Å²) in [7, 11) is 0. The van der Waals surface area contributed by atoms with Crippen LogP contribution in [0.5, 0.6) is 0 Å². The molecule has 0 spiro atoms. The Bertz CT molecular complexity index is 587. The first kappa shape index (κ1) is 19.7. The summed E-state index contributed by atoms with van der Waals surface area (Å²) in [5, 5.41) is 0. The molecule has 0 N–H and O–H groups in total. The van der Waals surface area contributed by atoms with Crippen molar-refractivity contribution in [3.63, 3.8) is 0 Å². The monoisotopic (exact) mass is 344 g/mol. The fourth-order valence-electron chi connectivity index (χ4n) is 4.13. The van der Waals surface area contributed by atoms with Crippen molar-refractivity contribution in [3.8, 4) is 0 Å². The van der Waals surface area contributed by atoms with E-state index in [0.29, 0.717) is 6.61 Å². The summed E-state index contributed by atoms with van der Waals surface area (Å²) in [5.74, 6) is -0.0762. The van der Waals surface area contributed by atoms with Gasteiger partial charge in [-0.3, -0.25) is 4.79 Å². The minimum Gasteiger partial charge on any atom is -0.459 e. The topological polar surface area (TPSA) is 26.3 Å². The number of carbonyl (C=O) groups excluding carboxylic acids is 1. The number of hydrogen-bond donors (Lipinski definition) is 0. The molecule has 1 aliphatic carbocycles. The Hall–Kier alpha value is -1.61. The number of allylic oxidation sites excluding steroid dienone is 1. The van der Waals surface area contributed by atoms with Crippen molar-refractivity contribution in [1.29, 1.82) is 0 Å². The highest BCUT2D eigenvalue weighted by atomic mass is 16.5. The first-order valence-corrected chi connectivity index (χ1v) is 9.85. The second-order valence-corrected chi connectivity index (χ2v) is 7.32. The Labute approximate surface area is 153 Å². The lowest BCUT2D eigenvalue weighted by Gasteiger charge is -2.37. The minimum atomic E-state index is -0.179. The highest BCUT2D eigenvalue weighted by Crippen LogP contribution is 2.34. The number of esters is 1. The summed E-state index contributed by atoms with van der Waals surface area (Å²) in [5.41, 5.74) is 2.24. The van der Waals surface area contributed by atoms with Crippen molar-refractivity contribution in [2.24, 2.45) is 5.92 Å². The highest BCUT2D eigenvalue weighted by molar-refractivity contribution is 5.82.